The number of rotatable bonds is 3. The minimum atomic E-state index is 0.0186. The molecule has 0 aromatic heterocycles. The average molecular weight is 186 g/mol. The van der Waals surface area contributed by atoms with Crippen LogP contribution in [0.15, 0.2) is 60.8 Å². The molecule has 0 aliphatic heterocycles. The van der Waals surface area contributed by atoms with Crippen LogP contribution in [-0.4, -0.2) is 0 Å². The second-order valence-electron chi connectivity index (χ2n) is 4.13. The highest BCUT2D eigenvalue weighted by molar-refractivity contribution is 5.44. The molecule has 1 unspecified atom stereocenters. The molecule has 1 aliphatic carbocycles. The van der Waals surface area contributed by atoms with Crippen LogP contribution < -0.4 is 0 Å². The van der Waals surface area contributed by atoms with Crippen molar-refractivity contribution in [3.05, 3.63) is 60.8 Å². The minimum Gasteiger partial charge on any atom is -0.0988 e. The van der Waals surface area contributed by atoms with E-state index in [4.69, 9.17) is 0 Å². The lowest BCUT2D eigenvalue weighted by Crippen LogP contribution is -2.16. The highest BCUT2D eigenvalue weighted by Gasteiger charge is 2.24. The van der Waals surface area contributed by atoms with Gasteiger partial charge in [0.05, 0.1) is 0 Å². The third-order valence-corrected chi connectivity index (χ3v) is 2.79. The molecule has 0 amide bonds. The Labute approximate surface area is 87.0 Å². The van der Waals surface area contributed by atoms with Crippen molar-refractivity contribution in [3.8, 4) is 0 Å². The van der Waals surface area contributed by atoms with Crippen molar-refractivity contribution < 1.29 is 0 Å². The van der Waals surface area contributed by atoms with E-state index in [-0.39, 0.29) is 5.41 Å². The van der Waals surface area contributed by atoms with Gasteiger partial charge in [0.15, 0.2) is 0 Å². The molecule has 74 valence electrons. The van der Waals surface area contributed by atoms with Gasteiger partial charge in [0.1, 0.15) is 0 Å². The van der Waals surface area contributed by atoms with Crippen LogP contribution in [0.5, 0.6) is 0 Å². The fourth-order valence-corrected chi connectivity index (χ4v) is 1.60. The SMILES string of the molecule is C=CC(=C)C1(C)C=C(C(=C)C)C=CC1. The Morgan fingerprint density at radius 1 is 1.50 bits per heavy atom. The summed E-state index contributed by atoms with van der Waals surface area (Å²) in [6, 6.07) is 0. The van der Waals surface area contributed by atoms with Crippen LogP contribution in [0.1, 0.15) is 20.3 Å². The molecule has 0 spiro atoms. The number of allylic oxidation sites excluding steroid dienone is 7. The third kappa shape index (κ3) is 1.95. The van der Waals surface area contributed by atoms with Gasteiger partial charge in [-0.25, -0.2) is 0 Å². The van der Waals surface area contributed by atoms with Crippen LogP contribution in [0.2, 0.25) is 0 Å². The van der Waals surface area contributed by atoms with E-state index in [1.165, 1.54) is 5.57 Å². The Morgan fingerprint density at radius 2 is 2.14 bits per heavy atom. The van der Waals surface area contributed by atoms with Gasteiger partial charge in [-0.1, -0.05) is 56.5 Å². The van der Waals surface area contributed by atoms with Crippen LogP contribution in [0, 0.1) is 5.41 Å². The fraction of sp³-hybridized carbons (Fsp3) is 0.286. The lowest BCUT2D eigenvalue weighted by Gasteiger charge is -2.29. The maximum absolute atomic E-state index is 4.04. The Bertz CT molecular complexity index is 339. The summed E-state index contributed by atoms with van der Waals surface area (Å²) in [6.45, 7) is 16.0. The van der Waals surface area contributed by atoms with Gasteiger partial charge in [-0.3, -0.25) is 0 Å². The lowest BCUT2D eigenvalue weighted by molar-refractivity contribution is 0.529. The topological polar surface area (TPSA) is 0 Å². The van der Waals surface area contributed by atoms with E-state index in [1.54, 1.807) is 0 Å². The van der Waals surface area contributed by atoms with E-state index in [2.05, 4.69) is 44.9 Å². The largest absolute Gasteiger partial charge is 0.0988 e. The first-order valence-corrected chi connectivity index (χ1v) is 4.87. The van der Waals surface area contributed by atoms with E-state index in [0.29, 0.717) is 0 Å². The molecule has 0 aromatic carbocycles. The Kier molecular flexibility index (Phi) is 2.95. The summed E-state index contributed by atoms with van der Waals surface area (Å²) in [5.41, 5.74) is 3.40. The van der Waals surface area contributed by atoms with Crippen molar-refractivity contribution in [2.75, 3.05) is 0 Å². The molecule has 0 aromatic rings. The molecule has 1 rings (SSSR count). The normalized spacial score (nSPS) is 25.4. The molecule has 1 aliphatic rings. The standard InChI is InChI=1S/C14H18/c1-6-12(4)14(5)9-7-8-13(10-14)11(2)3/h6-8,10H,1-2,4,9H2,3,5H3. The molecule has 0 radical (unpaired) electrons. The molecule has 0 heteroatoms. The van der Waals surface area contributed by atoms with Gasteiger partial charge >= 0.3 is 0 Å². The van der Waals surface area contributed by atoms with E-state index in [1.807, 2.05) is 13.0 Å². The van der Waals surface area contributed by atoms with Gasteiger partial charge in [0, 0.05) is 5.41 Å². The molecule has 0 bridgehead atoms. The zero-order valence-corrected chi connectivity index (χ0v) is 9.14. The van der Waals surface area contributed by atoms with Crippen LogP contribution >= 0.6 is 0 Å². The highest BCUT2D eigenvalue weighted by Crippen LogP contribution is 2.37. The first kappa shape index (κ1) is 10.8. The predicted octanol–water partition coefficient (Wildman–Crippen LogP) is 4.20. The summed E-state index contributed by atoms with van der Waals surface area (Å²) in [6.07, 6.45) is 9.37. The summed E-state index contributed by atoms with van der Waals surface area (Å²) < 4.78 is 0. The number of hydrogen-bond acceptors (Lipinski definition) is 0. The van der Waals surface area contributed by atoms with Gasteiger partial charge < -0.3 is 0 Å². The van der Waals surface area contributed by atoms with Crippen molar-refractivity contribution in [2.45, 2.75) is 20.3 Å². The van der Waals surface area contributed by atoms with Gasteiger partial charge in [0.2, 0.25) is 0 Å². The molecule has 14 heavy (non-hydrogen) atoms. The summed E-state index contributed by atoms with van der Waals surface area (Å²) in [5.74, 6) is 0. The lowest BCUT2D eigenvalue weighted by atomic mass is 9.75. The molecule has 0 nitrogen and oxygen atoms in total. The van der Waals surface area contributed by atoms with Crippen LogP contribution in [0.4, 0.5) is 0 Å². The third-order valence-electron chi connectivity index (χ3n) is 2.79. The summed E-state index contributed by atoms with van der Waals surface area (Å²) in [4.78, 5) is 0. The Morgan fingerprint density at radius 3 is 2.64 bits per heavy atom. The average Bonchev–Trinajstić information content (AvgIpc) is 2.16. The molecule has 0 heterocycles. The van der Waals surface area contributed by atoms with Crippen molar-refractivity contribution in [1.29, 1.82) is 0 Å². The van der Waals surface area contributed by atoms with E-state index in [0.717, 1.165) is 17.6 Å². The summed E-state index contributed by atoms with van der Waals surface area (Å²) in [5, 5.41) is 0. The highest BCUT2D eigenvalue weighted by atomic mass is 14.3. The van der Waals surface area contributed by atoms with Crippen molar-refractivity contribution in [2.24, 2.45) is 5.41 Å². The summed E-state index contributed by atoms with van der Waals surface area (Å²) in [7, 11) is 0. The van der Waals surface area contributed by atoms with Crippen molar-refractivity contribution >= 4 is 0 Å². The first-order chi connectivity index (χ1) is 6.49. The van der Waals surface area contributed by atoms with Crippen LogP contribution in [-0.2, 0) is 0 Å². The molecular formula is C14H18. The smallest absolute Gasteiger partial charge is 0.0141 e. The second kappa shape index (κ2) is 3.83. The molecule has 0 N–H and O–H groups in total. The summed E-state index contributed by atoms with van der Waals surface area (Å²) >= 11 is 0. The Hall–Kier alpha value is -1.30. The second-order valence-corrected chi connectivity index (χ2v) is 4.13. The Balaban J connectivity index is 3.05. The zero-order chi connectivity index (χ0) is 10.8. The van der Waals surface area contributed by atoms with E-state index < -0.39 is 0 Å². The van der Waals surface area contributed by atoms with Crippen LogP contribution in [0.25, 0.3) is 0 Å². The molecule has 0 saturated heterocycles. The van der Waals surface area contributed by atoms with Gasteiger partial charge in [-0.15, -0.1) is 0 Å². The van der Waals surface area contributed by atoms with Crippen LogP contribution in [0.3, 0.4) is 0 Å². The van der Waals surface area contributed by atoms with Crippen molar-refractivity contribution in [3.63, 3.8) is 0 Å². The maximum atomic E-state index is 4.04. The maximum Gasteiger partial charge on any atom is 0.0141 e. The molecular weight excluding hydrogens is 168 g/mol. The molecule has 0 fully saturated rings. The van der Waals surface area contributed by atoms with Crippen molar-refractivity contribution in [1.82, 2.24) is 0 Å². The molecule has 1 atom stereocenters. The van der Waals surface area contributed by atoms with E-state index >= 15 is 0 Å². The monoisotopic (exact) mass is 186 g/mol. The number of hydrogen-bond donors (Lipinski definition) is 0. The zero-order valence-electron chi connectivity index (χ0n) is 9.14. The molecule has 0 saturated carbocycles. The first-order valence-electron chi connectivity index (χ1n) is 4.87. The fourth-order valence-electron chi connectivity index (χ4n) is 1.60. The van der Waals surface area contributed by atoms with Gasteiger partial charge in [-0.05, 0) is 24.5 Å². The predicted molar refractivity (Wildman–Crippen MR) is 64.1 cm³/mol. The minimum absolute atomic E-state index is 0.0186. The quantitative estimate of drug-likeness (QED) is 0.579. The van der Waals surface area contributed by atoms with Gasteiger partial charge in [0.25, 0.3) is 0 Å². The van der Waals surface area contributed by atoms with Gasteiger partial charge in [-0.2, -0.15) is 0 Å². The van der Waals surface area contributed by atoms with E-state index in [9.17, 15) is 0 Å².